The topological polar surface area (TPSA) is 29.5 Å². The van der Waals surface area contributed by atoms with Gasteiger partial charge in [-0.25, -0.2) is 0 Å². The Bertz CT molecular complexity index is 682. The molecule has 5 aliphatic rings. The highest BCUT2D eigenvalue weighted by atomic mass is 16.6. The molecule has 0 amide bonds. The number of rotatable bonds is 3. The van der Waals surface area contributed by atoms with Crippen LogP contribution in [0.3, 0.4) is 0 Å². The van der Waals surface area contributed by atoms with E-state index in [1.54, 1.807) is 5.57 Å². The summed E-state index contributed by atoms with van der Waals surface area (Å²) in [4.78, 5) is 0. The molecule has 2 heteroatoms. The van der Waals surface area contributed by atoms with Crippen LogP contribution in [0, 0.1) is 46.3 Å². The highest BCUT2D eigenvalue weighted by Crippen LogP contribution is 2.70. The van der Waals surface area contributed by atoms with Gasteiger partial charge >= 0.3 is 0 Å². The monoisotopic (exact) mass is 400 g/mol. The van der Waals surface area contributed by atoms with Crippen molar-refractivity contribution in [3.8, 4) is 0 Å². The van der Waals surface area contributed by atoms with Crippen molar-refractivity contribution in [3.05, 3.63) is 11.6 Å². The minimum absolute atomic E-state index is 0.262. The molecule has 1 heterocycles. The Labute approximate surface area is 178 Å². The SMILES string of the molecule is CC(C)CCC1(O)O[C@H]2C[C@H]3[C@@H]4CC=C5CCCC[C@]5(C)[C@H]4CC[C@]3(C)[C@H]2[C@@H]1C. The molecule has 0 aromatic carbocycles. The van der Waals surface area contributed by atoms with Crippen LogP contribution in [0.25, 0.3) is 0 Å². The summed E-state index contributed by atoms with van der Waals surface area (Å²) in [7, 11) is 0. The van der Waals surface area contributed by atoms with E-state index in [1.807, 2.05) is 0 Å². The third kappa shape index (κ3) is 2.87. The van der Waals surface area contributed by atoms with Crippen LogP contribution >= 0.6 is 0 Å². The first kappa shape index (κ1) is 20.6. The van der Waals surface area contributed by atoms with Crippen LogP contribution in [-0.2, 0) is 4.74 Å². The molecule has 29 heavy (non-hydrogen) atoms. The summed E-state index contributed by atoms with van der Waals surface area (Å²) in [5, 5.41) is 11.4. The van der Waals surface area contributed by atoms with Crippen molar-refractivity contribution in [2.45, 2.75) is 111 Å². The Morgan fingerprint density at radius 1 is 1.17 bits per heavy atom. The molecule has 1 saturated heterocycles. The lowest BCUT2D eigenvalue weighted by molar-refractivity contribution is -0.220. The van der Waals surface area contributed by atoms with E-state index < -0.39 is 5.79 Å². The van der Waals surface area contributed by atoms with E-state index in [9.17, 15) is 5.11 Å². The molecule has 0 bridgehead atoms. The molecule has 3 saturated carbocycles. The molecule has 164 valence electrons. The largest absolute Gasteiger partial charge is 0.365 e. The third-order valence-electron chi connectivity index (χ3n) is 10.8. The highest BCUT2D eigenvalue weighted by molar-refractivity contribution is 5.25. The molecule has 0 aromatic rings. The van der Waals surface area contributed by atoms with Crippen LogP contribution < -0.4 is 0 Å². The van der Waals surface area contributed by atoms with E-state index in [4.69, 9.17) is 4.74 Å². The van der Waals surface area contributed by atoms with Gasteiger partial charge in [0, 0.05) is 12.3 Å². The molecule has 1 N–H and O–H groups in total. The van der Waals surface area contributed by atoms with Gasteiger partial charge in [0.1, 0.15) is 0 Å². The van der Waals surface area contributed by atoms with Crippen molar-refractivity contribution in [3.63, 3.8) is 0 Å². The van der Waals surface area contributed by atoms with Gasteiger partial charge in [0.2, 0.25) is 0 Å². The van der Waals surface area contributed by atoms with Gasteiger partial charge in [-0.15, -0.1) is 0 Å². The van der Waals surface area contributed by atoms with Crippen molar-refractivity contribution < 1.29 is 9.84 Å². The fraction of sp³-hybridized carbons (Fsp3) is 0.926. The fourth-order valence-electron chi connectivity index (χ4n) is 9.17. The summed E-state index contributed by atoms with van der Waals surface area (Å²) in [6.07, 6.45) is 15.6. The van der Waals surface area contributed by atoms with Gasteiger partial charge in [-0.1, -0.05) is 52.7 Å². The van der Waals surface area contributed by atoms with Crippen molar-refractivity contribution in [2.75, 3.05) is 0 Å². The first-order valence-electron chi connectivity index (χ1n) is 12.8. The standard InChI is InChI=1S/C27H44O2/c1-17(2)11-15-27(28)18(3)24-23(29-27)16-22-20-10-9-19-8-6-7-13-25(19,4)21(20)12-14-26(22,24)5/h9,17-18,20-24,28H,6-8,10-16H2,1-5H3/t18-,20+,21-,22-,23-,24-,25-,26-,27?/m0/s1. The molecule has 0 spiro atoms. The second kappa shape index (κ2) is 6.83. The molecule has 0 aromatic heterocycles. The van der Waals surface area contributed by atoms with E-state index in [1.165, 1.54) is 51.4 Å². The predicted octanol–water partition coefficient (Wildman–Crippen LogP) is 6.73. The van der Waals surface area contributed by atoms with Gasteiger partial charge in [0.05, 0.1) is 6.10 Å². The lowest BCUT2D eigenvalue weighted by atomic mass is 9.47. The van der Waals surface area contributed by atoms with Crippen LogP contribution in [0.2, 0.25) is 0 Å². The molecule has 2 nitrogen and oxygen atoms in total. The summed E-state index contributed by atoms with van der Waals surface area (Å²) in [5.41, 5.74) is 2.63. The van der Waals surface area contributed by atoms with Crippen LogP contribution in [0.15, 0.2) is 11.6 Å². The zero-order chi connectivity index (χ0) is 20.6. The summed E-state index contributed by atoms with van der Waals surface area (Å²) in [6, 6.07) is 0. The maximum atomic E-state index is 11.4. The van der Waals surface area contributed by atoms with Gasteiger partial charge in [0.15, 0.2) is 5.79 Å². The van der Waals surface area contributed by atoms with Gasteiger partial charge in [-0.2, -0.15) is 0 Å². The Morgan fingerprint density at radius 2 is 1.97 bits per heavy atom. The number of aliphatic hydroxyl groups is 1. The van der Waals surface area contributed by atoms with Crippen molar-refractivity contribution in [2.24, 2.45) is 46.3 Å². The summed E-state index contributed by atoms with van der Waals surface area (Å²) in [6.45, 7) is 12.0. The second-order valence-corrected chi connectivity index (χ2v) is 12.5. The smallest absolute Gasteiger partial charge is 0.168 e. The molecule has 5 rings (SSSR count). The summed E-state index contributed by atoms with van der Waals surface area (Å²) < 4.78 is 6.54. The van der Waals surface area contributed by atoms with E-state index in [-0.39, 0.29) is 12.0 Å². The molecule has 9 atom stereocenters. The van der Waals surface area contributed by atoms with Gasteiger partial charge in [0.25, 0.3) is 0 Å². The first-order chi connectivity index (χ1) is 13.7. The number of fused-ring (bicyclic) bond motifs is 7. The van der Waals surface area contributed by atoms with Crippen molar-refractivity contribution >= 4 is 0 Å². The van der Waals surface area contributed by atoms with Crippen LogP contribution in [-0.4, -0.2) is 17.0 Å². The second-order valence-electron chi connectivity index (χ2n) is 12.5. The lowest BCUT2D eigenvalue weighted by Crippen LogP contribution is -2.51. The Morgan fingerprint density at radius 3 is 2.72 bits per heavy atom. The van der Waals surface area contributed by atoms with Crippen LogP contribution in [0.4, 0.5) is 0 Å². The number of hydrogen-bond donors (Lipinski definition) is 1. The van der Waals surface area contributed by atoms with Crippen molar-refractivity contribution in [1.82, 2.24) is 0 Å². The van der Waals surface area contributed by atoms with E-state index >= 15 is 0 Å². The average molecular weight is 401 g/mol. The van der Waals surface area contributed by atoms with Gasteiger partial charge in [-0.3, -0.25) is 0 Å². The highest BCUT2D eigenvalue weighted by Gasteiger charge is 2.67. The minimum atomic E-state index is -0.889. The Kier molecular flexibility index (Phi) is 4.84. The molecule has 4 aliphatic carbocycles. The molecule has 1 unspecified atom stereocenters. The minimum Gasteiger partial charge on any atom is -0.365 e. The summed E-state index contributed by atoms with van der Waals surface area (Å²) >= 11 is 0. The van der Waals surface area contributed by atoms with E-state index in [0.717, 1.165) is 30.6 Å². The average Bonchev–Trinajstić information content (AvgIpc) is 3.10. The van der Waals surface area contributed by atoms with Crippen LogP contribution in [0.1, 0.15) is 98.8 Å². The maximum Gasteiger partial charge on any atom is 0.168 e. The Balaban J connectivity index is 1.40. The predicted molar refractivity (Wildman–Crippen MR) is 118 cm³/mol. The summed E-state index contributed by atoms with van der Waals surface area (Å²) in [5.74, 6) is 3.03. The molecular weight excluding hydrogens is 356 g/mol. The fourth-order valence-corrected chi connectivity index (χ4v) is 9.17. The Hall–Kier alpha value is -0.340. The van der Waals surface area contributed by atoms with Gasteiger partial charge < -0.3 is 9.84 Å². The zero-order valence-corrected chi connectivity index (χ0v) is 19.5. The number of hydrogen-bond acceptors (Lipinski definition) is 2. The molecular formula is C27H44O2. The van der Waals surface area contributed by atoms with Crippen LogP contribution in [0.5, 0.6) is 0 Å². The van der Waals surface area contributed by atoms with Crippen molar-refractivity contribution in [1.29, 1.82) is 0 Å². The van der Waals surface area contributed by atoms with E-state index in [0.29, 0.717) is 22.7 Å². The quantitative estimate of drug-likeness (QED) is 0.532. The van der Waals surface area contributed by atoms with E-state index in [2.05, 4.69) is 40.7 Å². The zero-order valence-electron chi connectivity index (χ0n) is 19.5. The third-order valence-corrected chi connectivity index (χ3v) is 10.8. The number of ether oxygens (including phenoxy) is 1. The van der Waals surface area contributed by atoms with Gasteiger partial charge in [-0.05, 0) is 91.8 Å². The lowest BCUT2D eigenvalue weighted by Gasteiger charge is -2.58. The molecule has 1 aliphatic heterocycles. The first-order valence-corrected chi connectivity index (χ1v) is 12.8. The number of allylic oxidation sites excluding steroid dienone is 2. The normalized spacial score (nSPS) is 53.8. The molecule has 0 radical (unpaired) electrons. The molecule has 4 fully saturated rings. The maximum absolute atomic E-state index is 11.4.